The van der Waals surface area contributed by atoms with Gasteiger partial charge < -0.3 is 10.1 Å². The molecule has 0 atom stereocenters. The van der Waals surface area contributed by atoms with Crippen molar-refractivity contribution in [2.45, 2.75) is 13.1 Å². The fourth-order valence-corrected chi connectivity index (χ4v) is 1.83. The van der Waals surface area contributed by atoms with Crippen molar-refractivity contribution in [1.82, 2.24) is 4.98 Å². The van der Waals surface area contributed by atoms with Gasteiger partial charge in [-0.2, -0.15) is 13.2 Å². The molecule has 2 aromatic rings. The van der Waals surface area contributed by atoms with Gasteiger partial charge in [0, 0.05) is 11.9 Å². The normalized spacial score (nSPS) is 11.0. The number of hydrogen-bond acceptors (Lipinski definition) is 4. The van der Waals surface area contributed by atoms with Crippen LogP contribution >= 0.6 is 0 Å². The predicted octanol–water partition coefficient (Wildman–Crippen LogP) is 3.53. The topological polar surface area (TPSA) is 68.3 Å². The number of carbonyl (C=O) groups excluding carboxylic acids is 2. The van der Waals surface area contributed by atoms with Crippen LogP contribution < -0.4 is 5.32 Å². The van der Waals surface area contributed by atoms with E-state index in [9.17, 15) is 22.8 Å². The zero-order chi connectivity index (χ0) is 17.7. The Labute approximate surface area is 135 Å². The largest absolute Gasteiger partial charge is 0.462 e. The maximum atomic E-state index is 12.6. The van der Waals surface area contributed by atoms with E-state index in [0.717, 1.165) is 12.1 Å². The Hall–Kier alpha value is -2.90. The van der Waals surface area contributed by atoms with E-state index in [1.54, 1.807) is 6.92 Å². The van der Waals surface area contributed by atoms with Crippen LogP contribution in [0, 0.1) is 0 Å². The van der Waals surface area contributed by atoms with Crippen LogP contribution in [0.3, 0.4) is 0 Å². The van der Waals surface area contributed by atoms with E-state index in [1.807, 2.05) is 0 Å². The minimum Gasteiger partial charge on any atom is -0.462 e. The van der Waals surface area contributed by atoms with E-state index in [2.05, 4.69) is 10.3 Å². The maximum Gasteiger partial charge on any atom is 0.416 e. The number of amides is 1. The summed E-state index contributed by atoms with van der Waals surface area (Å²) in [6, 6.07) is 6.89. The number of ether oxygens (including phenoxy) is 1. The number of benzene rings is 1. The minimum absolute atomic E-state index is 0.00825. The fourth-order valence-electron chi connectivity index (χ4n) is 1.83. The molecule has 126 valence electrons. The molecule has 0 bridgehead atoms. The Bertz CT molecular complexity index is 743. The summed E-state index contributed by atoms with van der Waals surface area (Å²) in [6.07, 6.45) is -3.33. The molecule has 2 rings (SSSR count). The standard InChI is InChI=1S/C16H13F3N2O3/c1-2-24-15(23)10-6-7-13(20-9-10)14(22)21-12-5-3-4-11(8-12)16(17,18)19/h3-9H,2H2,1H3,(H,21,22). The third-order valence-corrected chi connectivity index (χ3v) is 2.96. The lowest BCUT2D eigenvalue weighted by Gasteiger charge is -2.09. The number of alkyl halides is 3. The Kier molecular flexibility index (Phi) is 5.18. The second kappa shape index (κ2) is 7.12. The lowest BCUT2D eigenvalue weighted by molar-refractivity contribution is -0.137. The molecule has 8 heteroatoms. The molecule has 0 unspecified atom stereocenters. The Morgan fingerprint density at radius 3 is 2.54 bits per heavy atom. The van der Waals surface area contributed by atoms with Crippen molar-refractivity contribution in [3.8, 4) is 0 Å². The number of hydrogen-bond donors (Lipinski definition) is 1. The highest BCUT2D eigenvalue weighted by Crippen LogP contribution is 2.30. The van der Waals surface area contributed by atoms with Gasteiger partial charge in [-0.15, -0.1) is 0 Å². The van der Waals surface area contributed by atoms with Crippen molar-refractivity contribution in [1.29, 1.82) is 0 Å². The van der Waals surface area contributed by atoms with Gasteiger partial charge in [-0.1, -0.05) is 6.07 Å². The van der Waals surface area contributed by atoms with Crippen molar-refractivity contribution >= 4 is 17.6 Å². The second-order valence-electron chi connectivity index (χ2n) is 4.69. The van der Waals surface area contributed by atoms with Crippen molar-refractivity contribution in [2.24, 2.45) is 0 Å². The number of esters is 1. The molecule has 1 aromatic carbocycles. The first-order valence-electron chi connectivity index (χ1n) is 6.93. The zero-order valence-corrected chi connectivity index (χ0v) is 12.6. The molecule has 1 aromatic heterocycles. The molecule has 5 nitrogen and oxygen atoms in total. The first-order chi connectivity index (χ1) is 11.3. The first-order valence-corrected chi connectivity index (χ1v) is 6.93. The smallest absolute Gasteiger partial charge is 0.416 e. The first kappa shape index (κ1) is 17.5. The summed E-state index contributed by atoms with van der Waals surface area (Å²) < 4.78 is 42.7. The van der Waals surface area contributed by atoms with E-state index in [-0.39, 0.29) is 23.6 Å². The van der Waals surface area contributed by atoms with E-state index in [4.69, 9.17) is 4.74 Å². The third kappa shape index (κ3) is 4.31. The highest BCUT2D eigenvalue weighted by Gasteiger charge is 2.30. The molecule has 0 aliphatic heterocycles. The number of anilines is 1. The molecular formula is C16H13F3N2O3. The van der Waals surface area contributed by atoms with Crippen LogP contribution in [0.15, 0.2) is 42.6 Å². The minimum atomic E-state index is -4.50. The van der Waals surface area contributed by atoms with E-state index >= 15 is 0 Å². The highest BCUT2D eigenvalue weighted by molar-refractivity contribution is 6.03. The lowest BCUT2D eigenvalue weighted by atomic mass is 10.2. The van der Waals surface area contributed by atoms with Gasteiger partial charge in [0.25, 0.3) is 5.91 Å². The summed E-state index contributed by atoms with van der Waals surface area (Å²) in [7, 11) is 0. The van der Waals surface area contributed by atoms with Crippen LogP contribution in [0.5, 0.6) is 0 Å². The van der Waals surface area contributed by atoms with E-state index in [1.165, 1.54) is 30.5 Å². The van der Waals surface area contributed by atoms with Crippen LogP contribution in [0.1, 0.15) is 33.3 Å². The summed E-state index contributed by atoms with van der Waals surface area (Å²) in [6.45, 7) is 1.86. The summed E-state index contributed by atoms with van der Waals surface area (Å²) in [4.78, 5) is 27.3. The molecule has 24 heavy (non-hydrogen) atoms. The van der Waals surface area contributed by atoms with Crippen molar-refractivity contribution < 1.29 is 27.5 Å². The SMILES string of the molecule is CCOC(=O)c1ccc(C(=O)Nc2cccc(C(F)(F)F)c2)nc1. The number of aromatic nitrogens is 1. The van der Waals surface area contributed by atoms with Gasteiger partial charge in [0.15, 0.2) is 0 Å². The molecule has 1 N–H and O–H groups in total. The van der Waals surface area contributed by atoms with E-state index in [0.29, 0.717) is 0 Å². The number of halogens is 3. The predicted molar refractivity (Wildman–Crippen MR) is 79.6 cm³/mol. The van der Waals surface area contributed by atoms with Gasteiger partial charge in [-0.3, -0.25) is 9.78 Å². The quantitative estimate of drug-likeness (QED) is 0.866. The van der Waals surface area contributed by atoms with Gasteiger partial charge in [0.2, 0.25) is 0 Å². The van der Waals surface area contributed by atoms with Crippen molar-refractivity contribution in [3.05, 3.63) is 59.4 Å². The second-order valence-corrected chi connectivity index (χ2v) is 4.69. The summed E-state index contributed by atoms with van der Waals surface area (Å²) in [5.74, 6) is -1.26. The Morgan fingerprint density at radius 2 is 1.96 bits per heavy atom. The van der Waals surface area contributed by atoms with Gasteiger partial charge in [-0.05, 0) is 37.3 Å². The average molecular weight is 338 g/mol. The van der Waals surface area contributed by atoms with Crippen molar-refractivity contribution in [2.75, 3.05) is 11.9 Å². The third-order valence-electron chi connectivity index (χ3n) is 2.96. The Morgan fingerprint density at radius 1 is 1.21 bits per heavy atom. The molecule has 0 radical (unpaired) electrons. The number of nitrogens with zero attached hydrogens (tertiary/aromatic N) is 1. The number of rotatable bonds is 4. The monoisotopic (exact) mass is 338 g/mol. The molecule has 0 saturated carbocycles. The fraction of sp³-hybridized carbons (Fsp3) is 0.188. The van der Waals surface area contributed by atoms with Crippen LogP contribution in [0.25, 0.3) is 0 Å². The summed E-state index contributed by atoms with van der Waals surface area (Å²) in [5, 5.41) is 2.33. The summed E-state index contributed by atoms with van der Waals surface area (Å²) >= 11 is 0. The number of pyridine rings is 1. The van der Waals surface area contributed by atoms with Crippen LogP contribution in [0.4, 0.5) is 18.9 Å². The molecule has 1 heterocycles. The van der Waals surface area contributed by atoms with Crippen LogP contribution in [0.2, 0.25) is 0 Å². The highest BCUT2D eigenvalue weighted by atomic mass is 19.4. The van der Waals surface area contributed by atoms with Crippen LogP contribution in [-0.4, -0.2) is 23.5 Å². The lowest BCUT2D eigenvalue weighted by Crippen LogP contribution is -2.15. The molecule has 0 aliphatic carbocycles. The number of carbonyl (C=O) groups is 2. The molecule has 0 spiro atoms. The van der Waals surface area contributed by atoms with Gasteiger partial charge in [0.05, 0.1) is 17.7 Å². The van der Waals surface area contributed by atoms with Crippen molar-refractivity contribution in [3.63, 3.8) is 0 Å². The zero-order valence-electron chi connectivity index (χ0n) is 12.6. The van der Waals surface area contributed by atoms with Crippen LogP contribution in [-0.2, 0) is 10.9 Å². The molecule has 1 amide bonds. The maximum absolute atomic E-state index is 12.6. The summed E-state index contributed by atoms with van der Waals surface area (Å²) in [5.41, 5.74) is -0.745. The van der Waals surface area contributed by atoms with Gasteiger partial charge >= 0.3 is 12.1 Å². The molecule has 0 fully saturated rings. The van der Waals surface area contributed by atoms with Gasteiger partial charge in [-0.25, -0.2) is 4.79 Å². The molecule has 0 aliphatic rings. The number of nitrogens with one attached hydrogen (secondary N) is 1. The van der Waals surface area contributed by atoms with Gasteiger partial charge in [0.1, 0.15) is 5.69 Å². The van der Waals surface area contributed by atoms with E-state index < -0.39 is 23.6 Å². The molecular weight excluding hydrogens is 325 g/mol. The average Bonchev–Trinajstić information content (AvgIpc) is 2.54. The molecule has 0 saturated heterocycles. The Balaban J connectivity index is 2.11.